The summed E-state index contributed by atoms with van der Waals surface area (Å²) >= 11 is 0. The van der Waals surface area contributed by atoms with Crippen molar-refractivity contribution in [1.29, 1.82) is 0 Å². The number of ether oxygens (including phenoxy) is 1. The Morgan fingerprint density at radius 2 is 2.00 bits per heavy atom. The van der Waals surface area contributed by atoms with E-state index in [1.54, 1.807) is 13.2 Å². The minimum Gasteiger partial charge on any atom is -0.496 e. The molecule has 2 N–H and O–H groups in total. The highest BCUT2D eigenvalue weighted by atomic mass is 19.1. The normalized spacial score (nSPS) is 14.9. The first-order valence-corrected chi connectivity index (χ1v) is 5.22. The lowest BCUT2D eigenvalue weighted by molar-refractivity contribution is 0.257. The Kier molecular flexibility index (Phi) is 4.26. The van der Waals surface area contributed by atoms with E-state index in [4.69, 9.17) is 10.5 Å². The quantitative estimate of drug-likeness (QED) is 0.850. The summed E-state index contributed by atoms with van der Waals surface area (Å²) in [5.74, 6) is 0.390. The van der Waals surface area contributed by atoms with Crippen LogP contribution in [-0.2, 0) is 0 Å². The molecule has 3 nitrogen and oxygen atoms in total. The predicted molar refractivity (Wildman–Crippen MR) is 63.0 cm³/mol. The van der Waals surface area contributed by atoms with Gasteiger partial charge in [0.25, 0.3) is 0 Å². The molecule has 2 unspecified atom stereocenters. The van der Waals surface area contributed by atoms with Gasteiger partial charge in [0.15, 0.2) is 0 Å². The third-order valence-electron chi connectivity index (χ3n) is 2.56. The molecule has 0 amide bonds. The Hall–Kier alpha value is -1.13. The van der Waals surface area contributed by atoms with Crippen molar-refractivity contribution in [2.75, 3.05) is 21.2 Å². The predicted octanol–water partition coefficient (Wildman–Crippen LogP) is 1.78. The van der Waals surface area contributed by atoms with Gasteiger partial charge in [-0.2, -0.15) is 0 Å². The molecule has 0 saturated carbocycles. The number of nitrogens with two attached hydrogens (primary N) is 1. The minimum absolute atomic E-state index is 0.0642. The molecular formula is C12H19FN2O. The smallest absolute Gasteiger partial charge is 0.123 e. The highest BCUT2D eigenvalue weighted by Crippen LogP contribution is 2.30. The number of rotatable bonds is 4. The van der Waals surface area contributed by atoms with Crippen LogP contribution in [0.4, 0.5) is 4.39 Å². The maximum atomic E-state index is 13.3. The minimum atomic E-state index is -0.275. The van der Waals surface area contributed by atoms with Crippen LogP contribution < -0.4 is 10.5 Å². The van der Waals surface area contributed by atoms with Crippen molar-refractivity contribution in [2.24, 2.45) is 5.73 Å². The molecule has 90 valence electrons. The van der Waals surface area contributed by atoms with Crippen molar-refractivity contribution in [3.63, 3.8) is 0 Å². The summed E-state index contributed by atoms with van der Waals surface area (Å²) in [6, 6.07) is 4.32. The molecule has 0 aliphatic carbocycles. The van der Waals surface area contributed by atoms with Crippen molar-refractivity contribution >= 4 is 0 Å². The van der Waals surface area contributed by atoms with Gasteiger partial charge < -0.3 is 15.4 Å². The molecule has 16 heavy (non-hydrogen) atoms. The highest BCUT2D eigenvalue weighted by molar-refractivity contribution is 5.37. The van der Waals surface area contributed by atoms with Crippen LogP contribution in [0.15, 0.2) is 18.2 Å². The molecule has 0 bridgehead atoms. The van der Waals surface area contributed by atoms with E-state index >= 15 is 0 Å². The van der Waals surface area contributed by atoms with Crippen LogP contribution in [-0.4, -0.2) is 32.1 Å². The van der Waals surface area contributed by atoms with Crippen molar-refractivity contribution in [3.05, 3.63) is 29.6 Å². The van der Waals surface area contributed by atoms with Gasteiger partial charge in [-0.05, 0) is 39.2 Å². The molecule has 1 rings (SSSR count). The molecular weight excluding hydrogens is 207 g/mol. The van der Waals surface area contributed by atoms with Gasteiger partial charge in [0.2, 0.25) is 0 Å². The zero-order valence-electron chi connectivity index (χ0n) is 10.2. The first-order valence-electron chi connectivity index (χ1n) is 5.22. The van der Waals surface area contributed by atoms with Crippen molar-refractivity contribution < 1.29 is 9.13 Å². The number of nitrogens with zero attached hydrogens (tertiary/aromatic N) is 1. The third kappa shape index (κ3) is 2.71. The fourth-order valence-corrected chi connectivity index (χ4v) is 1.97. The van der Waals surface area contributed by atoms with Gasteiger partial charge in [0, 0.05) is 11.6 Å². The van der Waals surface area contributed by atoms with Crippen LogP contribution in [0.3, 0.4) is 0 Å². The summed E-state index contributed by atoms with van der Waals surface area (Å²) in [7, 11) is 5.40. The molecule has 4 heteroatoms. The van der Waals surface area contributed by atoms with Gasteiger partial charge in [-0.25, -0.2) is 4.39 Å². The maximum Gasteiger partial charge on any atom is 0.123 e. The largest absolute Gasteiger partial charge is 0.496 e. The van der Waals surface area contributed by atoms with E-state index < -0.39 is 0 Å². The van der Waals surface area contributed by atoms with E-state index in [-0.39, 0.29) is 17.9 Å². The molecule has 1 aromatic rings. The van der Waals surface area contributed by atoms with Crippen molar-refractivity contribution in [1.82, 2.24) is 4.90 Å². The monoisotopic (exact) mass is 226 g/mol. The van der Waals surface area contributed by atoms with Gasteiger partial charge in [-0.15, -0.1) is 0 Å². The van der Waals surface area contributed by atoms with E-state index in [0.29, 0.717) is 5.75 Å². The Labute approximate surface area is 96.0 Å². The molecule has 0 radical (unpaired) electrons. The summed E-state index contributed by atoms with van der Waals surface area (Å²) in [4.78, 5) is 1.96. The Bertz CT molecular complexity index is 345. The van der Waals surface area contributed by atoms with Gasteiger partial charge in [-0.3, -0.25) is 0 Å². The van der Waals surface area contributed by atoms with Crippen LogP contribution in [0, 0.1) is 5.82 Å². The molecule has 0 aromatic heterocycles. The second kappa shape index (κ2) is 5.27. The lowest BCUT2D eigenvalue weighted by Crippen LogP contribution is -2.35. The van der Waals surface area contributed by atoms with Gasteiger partial charge in [0.05, 0.1) is 13.2 Å². The maximum absolute atomic E-state index is 13.3. The molecule has 0 aliphatic rings. The van der Waals surface area contributed by atoms with E-state index in [0.717, 1.165) is 5.56 Å². The molecule has 2 atom stereocenters. The third-order valence-corrected chi connectivity index (χ3v) is 2.56. The first-order chi connectivity index (χ1) is 7.47. The van der Waals surface area contributed by atoms with Crippen LogP contribution in [0.5, 0.6) is 5.75 Å². The number of halogens is 1. The van der Waals surface area contributed by atoms with E-state index in [9.17, 15) is 4.39 Å². The summed E-state index contributed by atoms with van der Waals surface area (Å²) in [5.41, 5.74) is 6.70. The van der Waals surface area contributed by atoms with Crippen LogP contribution >= 0.6 is 0 Å². The fourth-order valence-electron chi connectivity index (χ4n) is 1.97. The first kappa shape index (κ1) is 12.9. The van der Waals surface area contributed by atoms with Crippen LogP contribution in [0.1, 0.15) is 18.5 Å². The number of hydrogen-bond acceptors (Lipinski definition) is 3. The number of likely N-dealkylation sites (N-methyl/N-ethyl adjacent to an activating group) is 1. The van der Waals surface area contributed by atoms with Crippen LogP contribution in [0.2, 0.25) is 0 Å². The average molecular weight is 226 g/mol. The second-order valence-electron chi connectivity index (χ2n) is 4.15. The van der Waals surface area contributed by atoms with E-state index in [1.165, 1.54) is 12.1 Å². The van der Waals surface area contributed by atoms with Crippen molar-refractivity contribution in [3.8, 4) is 5.75 Å². The number of methoxy groups -OCH3 is 1. The molecule has 1 aromatic carbocycles. The highest BCUT2D eigenvalue weighted by Gasteiger charge is 2.22. The van der Waals surface area contributed by atoms with E-state index in [2.05, 4.69) is 0 Å². The van der Waals surface area contributed by atoms with E-state index in [1.807, 2.05) is 25.9 Å². The van der Waals surface area contributed by atoms with Crippen LogP contribution in [0.25, 0.3) is 0 Å². The number of benzene rings is 1. The Balaban J connectivity index is 3.21. The molecule has 0 saturated heterocycles. The summed E-state index contributed by atoms with van der Waals surface area (Å²) in [5, 5.41) is 0. The topological polar surface area (TPSA) is 38.5 Å². The summed E-state index contributed by atoms with van der Waals surface area (Å²) < 4.78 is 18.5. The molecule has 0 fully saturated rings. The summed E-state index contributed by atoms with van der Waals surface area (Å²) in [6.07, 6.45) is 0. The van der Waals surface area contributed by atoms with Gasteiger partial charge in [-0.1, -0.05) is 0 Å². The van der Waals surface area contributed by atoms with Gasteiger partial charge in [0.1, 0.15) is 11.6 Å². The zero-order valence-corrected chi connectivity index (χ0v) is 10.2. The SMILES string of the molecule is COc1ccc(F)cc1C(C(C)N)N(C)C. The lowest BCUT2D eigenvalue weighted by Gasteiger charge is -2.29. The average Bonchev–Trinajstić information content (AvgIpc) is 2.17. The van der Waals surface area contributed by atoms with Crippen molar-refractivity contribution in [2.45, 2.75) is 19.0 Å². The Morgan fingerprint density at radius 3 is 2.44 bits per heavy atom. The molecule has 0 aliphatic heterocycles. The molecule has 0 spiro atoms. The fraction of sp³-hybridized carbons (Fsp3) is 0.500. The van der Waals surface area contributed by atoms with Gasteiger partial charge >= 0.3 is 0 Å². The Morgan fingerprint density at radius 1 is 1.38 bits per heavy atom. The summed E-state index contributed by atoms with van der Waals surface area (Å²) in [6.45, 7) is 1.90. The zero-order chi connectivity index (χ0) is 12.3. The number of hydrogen-bond donors (Lipinski definition) is 1. The second-order valence-corrected chi connectivity index (χ2v) is 4.15. The lowest BCUT2D eigenvalue weighted by atomic mass is 9.99. The standard InChI is InChI=1S/C12H19FN2O/c1-8(14)12(15(2)3)10-7-9(13)5-6-11(10)16-4/h5-8,12H,14H2,1-4H3. The molecule has 0 heterocycles.